The Bertz CT molecular complexity index is 364. The molecule has 17 heavy (non-hydrogen) atoms. The lowest BCUT2D eigenvalue weighted by molar-refractivity contribution is 0.0692. The number of likely N-dealkylation sites (tertiary alicyclic amines) is 1. The molecule has 2 heterocycles. The smallest absolute Gasteiger partial charge is 0.339 e. The van der Waals surface area contributed by atoms with Crippen LogP contribution in [0.25, 0.3) is 0 Å². The van der Waals surface area contributed by atoms with Gasteiger partial charge in [-0.25, -0.2) is 4.79 Å². The number of aromatic carboxylic acids is 1. The van der Waals surface area contributed by atoms with Crippen molar-refractivity contribution in [2.75, 3.05) is 13.1 Å². The van der Waals surface area contributed by atoms with E-state index in [1.807, 2.05) is 0 Å². The third-order valence-electron chi connectivity index (χ3n) is 3.29. The van der Waals surface area contributed by atoms with Crippen LogP contribution in [0.1, 0.15) is 48.2 Å². The maximum Gasteiger partial charge on any atom is 0.339 e. The molecule has 0 amide bonds. The third kappa shape index (κ3) is 3.33. The largest absolute Gasteiger partial charge is 0.478 e. The lowest BCUT2D eigenvalue weighted by Crippen LogP contribution is -2.27. The quantitative estimate of drug-likeness (QED) is 0.878. The minimum Gasteiger partial charge on any atom is -0.478 e. The van der Waals surface area contributed by atoms with Gasteiger partial charge < -0.3 is 9.52 Å². The van der Waals surface area contributed by atoms with Gasteiger partial charge in [0.1, 0.15) is 11.3 Å². The van der Waals surface area contributed by atoms with Gasteiger partial charge in [-0.3, -0.25) is 4.90 Å². The molecule has 0 unspecified atom stereocenters. The number of hydrogen-bond acceptors (Lipinski definition) is 3. The first kappa shape index (κ1) is 12.2. The molecule has 1 saturated heterocycles. The molecule has 0 aromatic carbocycles. The maximum atomic E-state index is 11.0. The first-order valence-electron chi connectivity index (χ1n) is 6.29. The Hall–Kier alpha value is -1.29. The van der Waals surface area contributed by atoms with Crippen molar-refractivity contribution >= 4 is 5.97 Å². The first-order chi connectivity index (χ1) is 8.27. The van der Waals surface area contributed by atoms with E-state index in [1.165, 1.54) is 44.4 Å². The van der Waals surface area contributed by atoms with Crippen molar-refractivity contribution in [3.8, 4) is 0 Å². The van der Waals surface area contributed by atoms with Crippen molar-refractivity contribution < 1.29 is 14.3 Å². The molecule has 1 fully saturated rings. The van der Waals surface area contributed by atoms with Gasteiger partial charge in [-0.15, -0.1) is 0 Å². The number of rotatable bonds is 3. The van der Waals surface area contributed by atoms with Crippen molar-refractivity contribution in [1.82, 2.24) is 4.90 Å². The minimum atomic E-state index is -0.902. The molecule has 1 N–H and O–H groups in total. The van der Waals surface area contributed by atoms with E-state index < -0.39 is 5.97 Å². The summed E-state index contributed by atoms with van der Waals surface area (Å²) in [5.74, 6) is -0.320. The van der Waals surface area contributed by atoms with E-state index in [1.54, 1.807) is 0 Å². The monoisotopic (exact) mass is 237 g/mol. The fourth-order valence-electron chi connectivity index (χ4n) is 2.33. The Morgan fingerprint density at radius 1 is 1.24 bits per heavy atom. The van der Waals surface area contributed by atoms with Crippen LogP contribution in [0.4, 0.5) is 0 Å². The van der Waals surface area contributed by atoms with E-state index in [0.717, 1.165) is 13.1 Å². The maximum absolute atomic E-state index is 11.0. The minimum absolute atomic E-state index is 0.298. The van der Waals surface area contributed by atoms with Crippen LogP contribution < -0.4 is 0 Å². The molecule has 1 aromatic rings. The van der Waals surface area contributed by atoms with Gasteiger partial charge >= 0.3 is 5.97 Å². The second-order valence-corrected chi connectivity index (χ2v) is 4.61. The first-order valence-corrected chi connectivity index (χ1v) is 6.29. The fourth-order valence-corrected chi connectivity index (χ4v) is 2.33. The summed E-state index contributed by atoms with van der Waals surface area (Å²) in [6, 6.07) is 1.53. The Kier molecular flexibility index (Phi) is 4.20. The van der Waals surface area contributed by atoms with Crippen LogP contribution >= 0.6 is 0 Å². The molecule has 2 rings (SSSR count). The highest BCUT2D eigenvalue weighted by Crippen LogP contribution is 2.16. The summed E-state index contributed by atoms with van der Waals surface area (Å²) in [6.45, 7) is 2.70. The highest BCUT2D eigenvalue weighted by Gasteiger charge is 2.17. The van der Waals surface area contributed by atoms with Crippen molar-refractivity contribution in [2.24, 2.45) is 0 Å². The molecule has 0 saturated carbocycles. The fraction of sp³-hybridized carbons (Fsp3) is 0.615. The molecule has 1 aliphatic rings. The summed E-state index contributed by atoms with van der Waals surface area (Å²) >= 11 is 0. The number of hydrogen-bond donors (Lipinski definition) is 1. The molecule has 4 nitrogen and oxygen atoms in total. The molecule has 1 aromatic heterocycles. The normalized spacial score (nSPS) is 18.6. The lowest BCUT2D eigenvalue weighted by Gasteiger charge is -2.23. The molecular formula is C13H19NO3. The SMILES string of the molecule is O=C(O)c1ccoc1CN1CCCCCCC1. The van der Waals surface area contributed by atoms with Crippen molar-refractivity contribution in [2.45, 2.75) is 38.6 Å². The van der Waals surface area contributed by atoms with Gasteiger partial charge in [0.05, 0.1) is 12.8 Å². The Labute approximate surface area is 101 Å². The molecule has 0 atom stereocenters. The number of carboxylic acid groups (broad SMARTS) is 1. The number of carbonyl (C=O) groups is 1. The van der Waals surface area contributed by atoms with Crippen LogP contribution in [-0.2, 0) is 6.54 Å². The van der Waals surface area contributed by atoms with Gasteiger partial charge in [0.2, 0.25) is 0 Å². The van der Waals surface area contributed by atoms with Crippen LogP contribution in [0, 0.1) is 0 Å². The summed E-state index contributed by atoms with van der Waals surface area (Å²) in [5, 5.41) is 9.01. The summed E-state index contributed by atoms with van der Waals surface area (Å²) in [4.78, 5) is 13.3. The zero-order chi connectivity index (χ0) is 12.1. The highest BCUT2D eigenvalue weighted by atomic mass is 16.4. The standard InChI is InChI=1S/C13H19NO3/c15-13(16)11-6-9-17-12(11)10-14-7-4-2-1-3-5-8-14/h6,9H,1-5,7-8,10H2,(H,15,16). The average molecular weight is 237 g/mol. The van der Waals surface area contributed by atoms with E-state index in [-0.39, 0.29) is 0 Å². The van der Waals surface area contributed by atoms with E-state index in [0.29, 0.717) is 17.9 Å². The lowest BCUT2D eigenvalue weighted by atomic mass is 10.1. The van der Waals surface area contributed by atoms with Crippen LogP contribution in [0.3, 0.4) is 0 Å². The summed E-state index contributed by atoms with van der Waals surface area (Å²) in [7, 11) is 0. The zero-order valence-electron chi connectivity index (χ0n) is 10.0. The second kappa shape index (κ2) is 5.87. The summed E-state index contributed by atoms with van der Waals surface area (Å²) < 4.78 is 5.28. The van der Waals surface area contributed by atoms with E-state index >= 15 is 0 Å². The number of carboxylic acids is 1. The van der Waals surface area contributed by atoms with Gasteiger partial charge in [-0.05, 0) is 32.0 Å². The van der Waals surface area contributed by atoms with E-state index in [4.69, 9.17) is 9.52 Å². The Balaban J connectivity index is 1.98. The van der Waals surface area contributed by atoms with Gasteiger partial charge in [-0.1, -0.05) is 19.3 Å². The Morgan fingerprint density at radius 2 is 1.88 bits per heavy atom. The molecule has 4 heteroatoms. The molecule has 0 aliphatic carbocycles. The molecule has 0 bridgehead atoms. The van der Waals surface area contributed by atoms with Gasteiger partial charge in [-0.2, -0.15) is 0 Å². The predicted molar refractivity (Wildman–Crippen MR) is 64.0 cm³/mol. The van der Waals surface area contributed by atoms with E-state index in [2.05, 4.69) is 4.90 Å². The molecule has 0 spiro atoms. The van der Waals surface area contributed by atoms with Crippen LogP contribution in [-0.4, -0.2) is 29.1 Å². The highest BCUT2D eigenvalue weighted by molar-refractivity contribution is 5.88. The number of nitrogens with zero attached hydrogens (tertiary/aromatic N) is 1. The van der Waals surface area contributed by atoms with Crippen molar-refractivity contribution in [3.63, 3.8) is 0 Å². The van der Waals surface area contributed by atoms with Crippen molar-refractivity contribution in [1.29, 1.82) is 0 Å². The zero-order valence-corrected chi connectivity index (χ0v) is 10.0. The molecule has 94 valence electrons. The van der Waals surface area contributed by atoms with Crippen molar-refractivity contribution in [3.05, 3.63) is 23.7 Å². The van der Waals surface area contributed by atoms with Gasteiger partial charge in [0, 0.05) is 0 Å². The van der Waals surface area contributed by atoms with Crippen LogP contribution in [0.2, 0.25) is 0 Å². The second-order valence-electron chi connectivity index (χ2n) is 4.61. The molecule has 1 aliphatic heterocycles. The summed E-state index contributed by atoms with van der Waals surface area (Å²) in [6.07, 6.45) is 7.74. The van der Waals surface area contributed by atoms with Gasteiger partial charge in [0.15, 0.2) is 0 Å². The molecule has 0 radical (unpaired) electrons. The molecular weight excluding hydrogens is 218 g/mol. The van der Waals surface area contributed by atoms with Crippen LogP contribution in [0.5, 0.6) is 0 Å². The van der Waals surface area contributed by atoms with Crippen LogP contribution in [0.15, 0.2) is 16.7 Å². The van der Waals surface area contributed by atoms with Gasteiger partial charge in [0.25, 0.3) is 0 Å². The predicted octanol–water partition coefficient (Wildman–Crippen LogP) is 2.74. The third-order valence-corrected chi connectivity index (χ3v) is 3.29. The van der Waals surface area contributed by atoms with E-state index in [9.17, 15) is 4.79 Å². The summed E-state index contributed by atoms with van der Waals surface area (Å²) in [5.41, 5.74) is 0.298. The Morgan fingerprint density at radius 3 is 2.53 bits per heavy atom. The average Bonchev–Trinajstić information content (AvgIpc) is 2.70. The topological polar surface area (TPSA) is 53.7 Å². The number of furan rings is 1.